The van der Waals surface area contributed by atoms with Crippen LogP contribution in [0.3, 0.4) is 0 Å². The number of thiazole rings is 2. The number of halogens is 2. The van der Waals surface area contributed by atoms with Crippen molar-refractivity contribution in [2.45, 2.75) is 86.2 Å². The molecule has 0 bridgehead atoms. The average Bonchev–Trinajstić information content (AvgIpc) is 4.22. The van der Waals surface area contributed by atoms with Crippen LogP contribution in [0.25, 0.3) is 33.0 Å². The Kier molecular flexibility index (Phi) is 15.4. The van der Waals surface area contributed by atoms with Gasteiger partial charge < -0.3 is 18.9 Å². The molecule has 0 saturated heterocycles. The summed E-state index contributed by atoms with van der Waals surface area (Å²) in [6.07, 6.45) is 8.54. The van der Waals surface area contributed by atoms with Crippen LogP contribution in [0.5, 0.6) is 23.0 Å². The Bertz CT molecular complexity index is 3220. The van der Waals surface area contributed by atoms with E-state index in [4.69, 9.17) is 28.9 Å². The second-order valence-electron chi connectivity index (χ2n) is 17.6. The first kappa shape index (κ1) is 52.0. The number of sulfone groups is 2. The fourth-order valence-electron chi connectivity index (χ4n) is 7.88. The number of hydrogen-bond donors (Lipinski definition) is 0. The van der Waals surface area contributed by atoms with Gasteiger partial charge in [0.1, 0.15) is 57.5 Å². The van der Waals surface area contributed by atoms with E-state index in [1.807, 2.05) is 10.8 Å². The van der Waals surface area contributed by atoms with E-state index in [9.17, 15) is 25.6 Å². The van der Waals surface area contributed by atoms with Gasteiger partial charge in [0.05, 0.1) is 75.1 Å². The monoisotopic (exact) mass is 1090 g/mol. The molecule has 20 nitrogen and oxygen atoms in total. The minimum Gasteiger partial charge on any atom is -0.494 e. The molecule has 0 radical (unpaired) electrons. The van der Waals surface area contributed by atoms with Gasteiger partial charge in [0.15, 0.2) is 64.6 Å². The molecule has 6 aromatic heterocycles. The quantitative estimate of drug-likeness (QED) is 0.0716. The van der Waals surface area contributed by atoms with Gasteiger partial charge in [-0.25, -0.2) is 55.5 Å². The molecule has 388 valence electrons. The Morgan fingerprint density at radius 2 is 0.905 bits per heavy atom. The molecule has 2 aliphatic rings. The molecule has 2 aromatic carbocycles. The van der Waals surface area contributed by atoms with Crippen LogP contribution in [0.1, 0.15) is 86.1 Å². The molecule has 0 spiro atoms. The first-order valence-electron chi connectivity index (χ1n) is 23.2. The van der Waals surface area contributed by atoms with Crippen LogP contribution in [-0.4, -0.2) is 115 Å². The van der Waals surface area contributed by atoms with E-state index >= 15 is 0 Å². The largest absolute Gasteiger partial charge is 0.494 e. The summed E-state index contributed by atoms with van der Waals surface area (Å²) in [5, 5.41) is 20.8. The summed E-state index contributed by atoms with van der Waals surface area (Å²) in [4.78, 5) is 25.1. The summed E-state index contributed by atoms with van der Waals surface area (Å²) in [7, 11) is -1.40. The Hall–Kier alpha value is -6.90. The lowest BCUT2D eigenvalue weighted by atomic mass is 10.2. The lowest BCUT2D eigenvalue weighted by molar-refractivity contribution is 0.390. The van der Waals surface area contributed by atoms with Gasteiger partial charge in [-0.15, -0.1) is 43.1 Å². The van der Waals surface area contributed by atoms with E-state index in [-0.39, 0.29) is 36.1 Å². The number of aromatic nitrogens is 12. The molecule has 8 aromatic rings. The van der Waals surface area contributed by atoms with Crippen molar-refractivity contribution in [1.29, 1.82) is 0 Å². The van der Waals surface area contributed by atoms with Crippen molar-refractivity contribution in [2.24, 2.45) is 0 Å². The third kappa shape index (κ3) is 11.4. The van der Waals surface area contributed by atoms with Crippen LogP contribution in [0.4, 0.5) is 8.78 Å². The van der Waals surface area contributed by atoms with Crippen LogP contribution in [0, 0.1) is 11.6 Å². The first-order valence-corrected chi connectivity index (χ1v) is 28.4. The highest BCUT2D eigenvalue weighted by atomic mass is 32.2. The lowest BCUT2D eigenvalue weighted by Gasteiger charge is -2.17. The zero-order valence-corrected chi connectivity index (χ0v) is 44.2. The molecular formula is C48H50F2N12O8S4. The summed E-state index contributed by atoms with van der Waals surface area (Å²) < 4.78 is 106. The number of methoxy groups -OCH3 is 4. The average molecular weight is 1090 g/mol. The third-order valence-electron chi connectivity index (χ3n) is 12.3. The maximum atomic E-state index is 13.4. The van der Waals surface area contributed by atoms with Crippen molar-refractivity contribution in [3.05, 3.63) is 118 Å². The lowest BCUT2D eigenvalue weighted by Crippen LogP contribution is -2.24. The van der Waals surface area contributed by atoms with E-state index in [0.29, 0.717) is 67.9 Å². The predicted molar refractivity (Wildman–Crippen MR) is 271 cm³/mol. The molecule has 2 atom stereocenters. The molecule has 0 N–H and O–H groups in total. The van der Waals surface area contributed by atoms with E-state index in [2.05, 4.69) is 40.3 Å². The molecule has 10 rings (SSSR count). The molecule has 2 fully saturated rings. The number of rotatable bonds is 20. The highest BCUT2D eigenvalue weighted by molar-refractivity contribution is 7.91. The van der Waals surface area contributed by atoms with Crippen LogP contribution in [-0.2, 0) is 44.0 Å². The van der Waals surface area contributed by atoms with Gasteiger partial charge in [-0.3, -0.25) is 9.13 Å². The second kappa shape index (κ2) is 21.9. The van der Waals surface area contributed by atoms with Gasteiger partial charge in [-0.2, -0.15) is 0 Å². The van der Waals surface area contributed by atoms with Crippen LogP contribution in [0.15, 0.2) is 71.9 Å². The van der Waals surface area contributed by atoms with Gasteiger partial charge in [-0.1, -0.05) is 12.1 Å². The highest BCUT2D eigenvalue weighted by Crippen LogP contribution is 2.44. The number of benzene rings is 2. The van der Waals surface area contributed by atoms with Crippen molar-refractivity contribution in [3.63, 3.8) is 0 Å². The topological polar surface area (TPSA) is 244 Å². The fraction of sp³-hybridized carbons (Fsp3) is 0.375. The molecule has 0 amide bonds. The molecule has 2 aliphatic carbocycles. The minimum absolute atomic E-state index is 0.0266. The second-order valence-corrected chi connectivity index (χ2v) is 24.1. The summed E-state index contributed by atoms with van der Waals surface area (Å²) in [5.41, 5.74) is 2.97. The normalized spacial score (nSPS) is 14.5. The van der Waals surface area contributed by atoms with Crippen LogP contribution >= 0.6 is 22.7 Å². The van der Waals surface area contributed by atoms with Crippen LogP contribution < -0.4 is 18.9 Å². The molecule has 0 aliphatic heterocycles. The van der Waals surface area contributed by atoms with Gasteiger partial charge in [-0.05, 0) is 63.8 Å². The van der Waals surface area contributed by atoms with Crippen molar-refractivity contribution in [2.75, 3.05) is 28.4 Å². The van der Waals surface area contributed by atoms with Crippen molar-refractivity contribution < 1.29 is 44.6 Å². The number of para-hydroxylation sites is 2. The Balaban J connectivity index is 0.000000182. The summed E-state index contributed by atoms with van der Waals surface area (Å²) in [6, 6.07) is 10.6. The van der Waals surface area contributed by atoms with Crippen molar-refractivity contribution >= 4 is 42.3 Å². The zero-order valence-electron chi connectivity index (χ0n) is 40.9. The molecule has 2 saturated carbocycles. The molecule has 74 heavy (non-hydrogen) atoms. The predicted octanol–water partition coefficient (Wildman–Crippen LogP) is 7.52. The first-order chi connectivity index (χ1) is 35.6. The molecule has 26 heteroatoms. The summed E-state index contributed by atoms with van der Waals surface area (Å²) in [5.74, 6) is 2.42. The van der Waals surface area contributed by atoms with E-state index in [1.54, 1.807) is 59.4 Å². The molecular weight excluding hydrogens is 1040 g/mol. The maximum absolute atomic E-state index is 13.4. The molecule has 6 heterocycles. The smallest absolute Gasteiger partial charge is 0.197 e. The number of ether oxygens (including phenoxy) is 4. The number of nitrogens with zero attached hydrogens (tertiary/aromatic N) is 12. The van der Waals surface area contributed by atoms with E-state index in [1.165, 1.54) is 51.1 Å². The Morgan fingerprint density at radius 1 is 0.568 bits per heavy atom. The highest BCUT2D eigenvalue weighted by Gasteiger charge is 2.34. The summed E-state index contributed by atoms with van der Waals surface area (Å²) in [6.45, 7) is 3.13. The van der Waals surface area contributed by atoms with E-state index < -0.39 is 53.3 Å². The minimum atomic E-state index is -3.75. The SMILES string of the molecule is COc1cccc(OC)c1-n1c(CS(=O)(=O)[C@@H](C)Cc2ncc(F)cn2)nnc1-c1nc(C2CC2)cs1.COc1cccc(OC)c1-n1c(CS(=O)(=O)[C@H](C)Cc2ncc(F)cn2)nnc1-c1nc(C2CC2)cs1. The van der Waals surface area contributed by atoms with Crippen molar-refractivity contribution in [3.8, 4) is 56.0 Å². The third-order valence-corrected chi connectivity index (χ3v) is 18.1. The van der Waals surface area contributed by atoms with Gasteiger partial charge in [0.25, 0.3) is 0 Å². The standard InChI is InChI=1S/2C24H25FN6O4S2/c2*1-14(9-20-26-10-16(25)11-27-20)37(32,33)13-21-29-30-23(24-28-17(12-36-24)15-7-8-15)31(21)22-18(34-2)5-4-6-19(22)35-3/h2*4-6,10-12,14-15H,7-9,13H2,1-3H3/t2*14-/m10/s1. The van der Waals surface area contributed by atoms with Crippen LogP contribution in [0.2, 0.25) is 0 Å². The Labute approximate surface area is 433 Å². The van der Waals surface area contributed by atoms with E-state index in [0.717, 1.165) is 61.9 Å². The Morgan fingerprint density at radius 3 is 1.22 bits per heavy atom. The van der Waals surface area contributed by atoms with Crippen molar-refractivity contribution in [1.82, 2.24) is 59.4 Å². The number of hydrogen-bond acceptors (Lipinski definition) is 20. The summed E-state index contributed by atoms with van der Waals surface area (Å²) >= 11 is 2.87. The molecule has 0 unspecified atom stereocenters. The van der Waals surface area contributed by atoms with Gasteiger partial charge in [0.2, 0.25) is 0 Å². The maximum Gasteiger partial charge on any atom is 0.197 e. The van der Waals surface area contributed by atoms with Gasteiger partial charge in [0, 0.05) is 35.4 Å². The zero-order chi connectivity index (χ0) is 52.3. The fourth-order valence-corrected chi connectivity index (χ4v) is 12.1. The van der Waals surface area contributed by atoms with Gasteiger partial charge >= 0.3 is 0 Å².